The van der Waals surface area contributed by atoms with Crippen LogP contribution in [0, 0.1) is 0 Å². The Balaban J connectivity index is 1.64. The first-order chi connectivity index (χ1) is 9.27. The normalized spacial score (nSPS) is 12.6. The predicted octanol–water partition coefficient (Wildman–Crippen LogP) is 3.38. The molecule has 0 saturated heterocycles. The van der Waals surface area contributed by atoms with E-state index in [9.17, 15) is 4.79 Å². The van der Waals surface area contributed by atoms with Gasteiger partial charge in [-0.2, -0.15) is 0 Å². The van der Waals surface area contributed by atoms with Crippen molar-refractivity contribution in [3.8, 4) is 11.5 Å². The summed E-state index contributed by atoms with van der Waals surface area (Å²) in [7, 11) is 0. The van der Waals surface area contributed by atoms with E-state index in [2.05, 4.69) is 6.07 Å². The van der Waals surface area contributed by atoms with Gasteiger partial charge in [0.05, 0.1) is 0 Å². The first kappa shape index (κ1) is 13.7. The highest BCUT2D eigenvalue weighted by Crippen LogP contribution is 2.36. The zero-order chi connectivity index (χ0) is 13.5. The molecule has 0 aliphatic carbocycles. The number of rotatable bonds is 8. The predicted molar refractivity (Wildman–Crippen MR) is 71.6 cm³/mol. The van der Waals surface area contributed by atoms with E-state index in [1.54, 1.807) is 0 Å². The van der Waals surface area contributed by atoms with Crippen LogP contribution in [0.2, 0.25) is 0 Å². The Morgan fingerprint density at radius 1 is 1.11 bits per heavy atom. The van der Waals surface area contributed by atoms with Crippen LogP contribution < -0.4 is 9.47 Å². The molecule has 1 aromatic carbocycles. The number of fused-ring (bicyclic) bond motifs is 1. The lowest BCUT2D eigenvalue weighted by atomic mass is 10.0. The molecule has 1 aromatic rings. The number of ether oxygens (including phenoxy) is 2. The summed E-state index contributed by atoms with van der Waals surface area (Å²) in [6.07, 6.45) is 6.39. The van der Waals surface area contributed by atoms with Crippen LogP contribution in [0.25, 0.3) is 0 Å². The summed E-state index contributed by atoms with van der Waals surface area (Å²) in [6.45, 7) is 0.321. The summed E-state index contributed by atoms with van der Waals surface area (Å²) >= 11 is 0. The maximum Gasteiger partial charge on any atom is 0.303 e. The second kappa shape index (κ2) is 7.02. The van der Waals surface area contributed by atoms with Crippen LogP contribution in [-0.4, -0.2) is 17.9 Å². The Morgan fingerprint density at radius 2 is 1.89 bits per heavy atom. The molecule has 0 radical (unpaired) electrons. The number of benzene rings is 1. The van der Waals surface area contributed by atoms with Gasteiger partial charge >= 0.3 is 5.97 Å². The summed E-state index contributed by atoms with van der Waals surface area (Å²) in [5.41, 5.74) is 1.21. The van der Waals surface area contributed by atoms with Crippen molar-refractivity contribution in [3.05, 3.63) is 23.8 Å². The third-order valence-corrected chi connectivity index (χ3v) is 3.31. The van der Waals surface area contributed by atoms with Crippen LogP contribution in [0.15, 0.2) is 18.2 Å². The van der Waals surface area contributed by atoms with Gasteiger partial charge in [0.25, 0.3) is 0 Å². The van der Waals surface area contributed by atoms with Crippen molar-refractivity contribution < 1.29 is 19.4 Å². The Kier molecular flexibility index (Phi) is 5.07. The van der Waals surface area contributed by atoms with E-state index >= 15 is 0 Å². The maximum atomic E-state index is 10.4. The lowest BCUT2D eigenvalue weighted by Crippen LogP contribution is -1.95. The number of aryl methyl sites for hydroxylation is 1. The molecular weight excluding hydrogens is 244 g/mol. The number of unbranched alkanes of at least 4 members (excludes halogenated alkanes) is 4. The number of carboxylic acid groups (broad SMARTS) is 1. The minimum atomic E-state index is -0.697. The first-order valence-electron chi connectivity index (χ1n) is 6.86. The number of carbonyl (C=O) groups is 1. The molecule has 19 heavy (non-hydrogen) atoms. The largest absolute Gasteiger partial charge is 0.481 e. The van der Waals surface area contributed by atoms with Crippen molar-refractivity contribution >= 4 is 5.97 Å². The molecule has 0 saturated carbocycles. The topological polar surface area (TPSA) is 55.8 Å². The van der Waals surface area contributed by atoms with Crippen molar-refractivity contribution in [2.75, 3.05) is 6.79 Å². The fourth-order valence-corrected chi connectivity index (χ4v) is 2.31. The first-order valence-corrected chi connectivity index (χ1v) is 6.86. The third-order valence-electron chi connectivity index (χ3n) is 3.31. The highest BCUT2D eigenvalue weighted by molar-refractivity contribution is 5.66. The average molecular weight is 264 g/mol. The fraction of sp³-hybridized carbons (Fsp3) is 0.533. The average Bonchev–Trinajstić information content (AvgIpc) is 2.86. The van der Waals surface area contributed by atoms with Gasteiger partial charge in [0.2, 0.25) is 6.79 Å². The highest BCUT2D eigenvalue weighted by atomic mass is 16.7. The van der Waals surface area contributed by atoms with E-state index in [-0.39, 0.29) is 6.42 Å². The van der Waals surface area contributed by atoms with Crippen LogP contribution in [-0.2, 0) is 11.2 Å². The van der Waals surface area contributed by atoms with Crippen LogP contribution in [0.5, 0.6) is 11.5 Å². The van der Waals surface area contributed by atoms with Gasteiger partial charge in [-0.15, -0.1) is 0 Å². The van der Waals surface area contributed by atoms with Gasteiger partial charge in [-0.05, 0) is 30.9 Å². The molecule has 0 aromatic heterocycles. The monoisotopic (exact) mass is 264 g/mol. The van der Waals surface area contributed by atoms with Crippen molar-refractivity contribution in [1.29, 1.82) is 0 Å². The van der Waals surface area contributed by atoms with Gasteiger partial charge in [0, 0.05) is 6.42 Å². The SMILES string of the molecule is O=C(O)CCCCCCCc1cccc2c1OCO2. The molecule has 1 N–H and O–H groups in total. The van der Waals surface area contributed by atoms with Gasteiger partial charge in [0.15, 0.2) is 11.5 Å². The second-order valence-electron chi connectivity index (χ2n) is 4.81. The molecule has 0 amide bonds. The van der Waals surface area contributed by atoms with Crippen LogP contribution in [0.1, 0.15) is 44.1 Å². The van der Waals surface area contributed by atoms with Gasteiger partial charge < -0.3 is 14.6 Å². The molecular formula is C15H20O4. The third kappa shape index (κ3) is 4.16. The van der Waals surface area contributed by atoms with Crippen molar-refractivity contribution in [3.63, 3.8) is 0 Å². The number of hydrogen-bond donors (Lipinski definition) is 1. The molecule has 0 fully saturated rings. The molecule has 1 aliphatic heterocycles. The van der Waals surface area contributed by atoms with E-state index in [1.165, 1.54) is 5.56 Å². The molecule has 1 aliphatic rings. The van der Waals surface area contributed by atoms with E-state index in [4.69, 9.17) is 14.6 Å². The molecule has 4 heteroatoms. The number of carboxylic acids is 1. The Morgan fingerprint density at radius 3 is 2.74 bits per heavy atom. The molecule has 0 bridgehead atoms. The Bertz CT molecular complexity index is 428. The summed E-state index contributed by atoms with van der Waals surface area (Å²) in [5.74, 6) is 1.05. The summed E-state index contributed by atoms with van der Waals surface area (Å²) in [5, 5.41) is 8.53. The lowest BCUT2D eigenvalue weighted by Gasteiger charge is -2.05. The second-order valence-corrected chi connectivity index (χ2v) is 4.81. The quantitative estimate of drug-likeness (QED) is 0.731. The van der Waals surface area contributed by atoms with Crippen molar-refractivity contribution in [2.45, 2.75) is 44.9 Å². The van der Waals surface area contributed by atoms with Crippen molar-refractivity contribution in [2.24, 2.45) is 0 Å². The van der Waals surface area contributed by atoms with Crippen molar-refractivity contribution in [1.82, 2.24) is 0 Å². The molecule has 1 heterocycles. The highest BCUT2D eigenvalue weighted by Gasteiger charge is 2.16. The summed E-state index contributed by atoms with van der Waals surface area (Å²) in [6, 6.07) is 6.01. The number of para-hydroxylation sites is 1. The minimum absolute atomic E-state index is 0.289. The van der Waals surface area contributed by atoms with Gasteiger partial charge in [-0.3, -0.25) is 4.79 Å². The number of hydrogen-bond acceptors (Lipinski definition) is 3. The van der Waals surface area contributed by atoms with E-state index in [1.807, 2.05) is 12.1 Å². The summed E-state index contributed by atoms with van der Waals surface area (Å²) in [4.78, 5) is 10.4. The minimum Gasteiger partial charge on any atom is -0.481 e. The van der Waals surface area contributed by atoms with Gasteiger partial charge in [-0.25, -0.2) is 0 Å². The van der Waals surface area contributed by atoms with Crippen LogP contribution >= 0.6 is 0 Å². The molecule has 2 rings (SSSR count). The molecule has 104 valence electrons. The lowest BCUT2D eigenvalue weighted by molar-refractivity contribution is -0.137. The van der Waals surface area contributed by atoms with Crippen LogP contribution in [0.3, 0.4) is 0 Å². The maximum absolute atomic E-state index is 10.4. The molecule has 4 nitrogen and oxygen atoms in total. The number of aliphatic carboxylic acids is 1. The standard InChI is InChI=1S/C15H20O4/c16-14(17)10-5-3-1-2-4-7-12-8-6-9-13-15(12)19-11-18-13/h6,8-9H,1-5,7,10-11H2,(H,16,17). The van der Waals surface area contributed by atoms with E-state index < -0.39 is 5.97 Å². The molecule has 0 atom stereocenters. The zero-order valence-corrected chi connectivity index (χ0v) is 11.1. The Hall–Kier alpha value is -1.71. The molecule has 0 unspecified atom stereocenters. The fourth-order valence-electron chi connectivity index (χ4n) is 2.31. The Labute approximate surface area is 113 Å². The van der Waals surface area contributed by atoms with E-state index in [0.29, 0.717) is 6.79 Å². The van der Waals surface area contributed by atoms with E-state index in [0.717, 1.165) is 50.0 Å². The molecule has 0 spiro atoms. The van der Waals surface area contributed by atoms with Gasteiger partial charge in [-0.1, -0.05) is 31.4 Å². The summed E-state index contributed by atoms with van der Waals surface area (Å²) < 4.78 is 10.8. The smallest absolute Gasteiger partial charge is 0.303 e. The zero-order valence-electron chi connectivity index (χ0n) is 11.1. The van der Waals surface area contributed by atoms with Crippen LogP contribution in [0.4, 0.5) is 0 Å². The van der Waals surface area contributed by atoms with Gasteiger partial charge in [0.1, 0.15) is 0 Å².